The summed E-state index contributed by atoms with van der Waals surface area (Å²) < 4.78 is 13.3. The van der Waals surface area contributed by atoms with Crippen molar-refractivity contribution in [1.82, 2.24) is 0 Å². The zero-order chi connectivity index (χ0) is 12.1. The molecule has 90 valence electrons. The minimum atomic E-state index is -0.455. The van der Waals surface area contributed by atoms with Crippen molar-refractivity contribution in [3.05, 3.63) is 29.6 Å². The smallest absolute Gasteiger partial charge is 0.143 e. The van der Waals surface area contributed by atoms with Crippen LogP contribution in [-0.4, -0.2) is 29.1 Å². The molecule has 1 aromatic carbocycles. The number of halogens is 1. The van der Waals surface area contributed by atoms with Gasteiger partial charge in [0.05, 0.1) is 5.69 Å². The monoisotopic (exact) mass is 268 g/mol. The number of anilines is 1. The summed E-state index contributed by atoms with van der Waals surface area (Å²) in [6.07, 6.45) is 0. The predicted molar refractivity (Wildman–Crippen MR) is 73.2 cm³/mol. The third-order valence-corrected chi connectivity index (χ3v) is 5.38. The maximum absolute atomic E-state index is 13.3. The van der Waals surface area contributed by atoms with Gasteiger partial charge in [0.25, 0.3) is 0 Å². The van der Waals surface area contributed by atoms with Gasteiger partial charge in [0.15, 0.2) is 0 Å². The number of thioether (sulfide) groups is 2. The highest BCUT2D eigenvalue weighted by molar-refractivity contribution is 8.06. The van der Waals surface area contributed by atoms with Crippen LogP contribution in [0.15, 0.2) is 18.2 Å². The first-order valence-electron chi connectivity index (χ1n) is 5.43. The zero-order valence-electron chi connectivity index (χ0n) is 9.28. The molecule has 0 radical (unpaired) electrons. The lowest BCUT2D eigenvalue weighted by Crippen LogP contribution is -2.23. The van der Waals surface area contributed by atoms with E-state index in [2.05, 4.69) is 5.32 Å². The lowest BCUT2D eigenvalue weighted by Gasteiger charge is -2.21. The van der Waals surface area contributed by atoms with Gasteiger partial charge in [-0.1, -0.05) is 6.07 Å². The van der Waals surface area contributed by atoms with Crippen molar-refractivity contribution >= 4 is 29.2 Å². The molecule has 0 amide bonds. The molecule has 1 aromatic rings. The Balaban J connectivity index is 1.99. The third kappa shape index (κ3) is 3.30. The molecule has 1 N–H and O–H groups in total. The third-order valence-electron chi connectivity index (χ3n) is 2.53. The predicted octanol–water partition coefficient (Wildman–Crippen LogP) is 2.96. The first-order chi connectivity index (χ1) is 8.31. The number of rotatable bonds is 3. The molecule has 17 heavy (non-hydrogen) atoms. The normalized spacial score (nSPS) is 19.6. The Labute approximate surface area is 109 Å². The van der Waals surface area contributed by atoms with Crippen LogP contribution in [0.4, 0.5) is 10.1 Å². The molecule has 0 aliphatic carbocycles. The van der Waals surface area contributed by atoms with E-state index >= 15 is 0 Å². The van der Waals surface area contributed by atoms with Gasteiger partial charge in [-0.25, -0.2) is 4.39 Å². The Morgan fingerprint density at radius 2 is 2.35 bits per heavy atom. The fourth-order valence-electron chi connectivity index (χ4n) is 1.66. The van der Waals surface area contributed by atoms with E-state index in [1.54, 1.807) is 12.1 Å². The van der Waals surface area contributed by atoms with Crippen LogP contribution in [0.5, 0.6) is 0 Å². The van der Waals surface area contributed by atoms with Crippen molar-refractivity contribution in [1.29, 1.82) is 5.26 Å². The highest BCUT2D eigenvalue weighted by atomic mass is 32.2. The minimum absolute atomic E-state index is 0.112. The summed E-state index contributed by atoms with van der Waals surface area (Å²) in [5.41, 5.74) is 0.713. The standard InChI is InChI=1S/C12H13FN2S2/c13-11-2-1-3-12(10(11)6-14)15-7-9-8-16-4-5-17-9/h1-3,9,15H,4-5,7-8H2. The molecule has 0 saturated carbocycles. The summed E-state index contributed by atoms with van der Waals surface area (Å²) in [7, 11) is 0. The molecule has 5 heteroatoms. The Morgan fingerprint density at radius 3 is 3.06 bits per heavy atom. The zero-order valence-corrected chi connectivity index (χ0v) is 10.9. The van der Waals surface area contributed by atoms with Gasteiger partial charge in [-0.3, -0.25) is 0 Å². The van der Waals surface area contributed by atoms with E-state index in [0.717, 1.165) is 12.3 Å². The number of hydrogen-bond acceptors (Lipinski definition) is 4. The van der Waals surface area contributed by atoms with E-state index in [9.17, 15) is 4.39 Å². The Bertz CT molecular complexity index is 425. The Hall–Kier alpha value is -0.860. The van der Waals surface area contributed by atoms with Crippen LogP contribution in [0.1, 0.15) is 5.56 Å². The van der Waals surface area contributed by atoms with Crippen molar-refractivity contribution in [2.24, 2.45) is 0 Å². The second kappa shape index (κ2) is 6.18. The maximum Gasteiger partial charge on any atom is 0.143 e. The van der Waals surface area contributed by atoms with Crippen LogP contribution in [0.25, 0.3) is 0 Å². The van der Waals surface area contributed by atoms with Crippen molar-refractivity contribution in [2.45, 2.75) is 5.25 Å². The van der Waals surface area contributed by atoms with E-state index in [1.807, 2.05) is 29.6 Å². The quantitative estimate of drug-likeness (QED) is 0.914. The van der Waals surface area contributed by atoms with Gasteiger partial charge in [-0.2, -0.15) is 28.8 Å². The topological polar surface area (TPSA) is 35.8 Å². The maximum atomic E-state index is 13.3. The highest BCUT2D eigenvalue weighted by Gasteiger charge is 2.15. The molecule has 0 aromatic heterocycles. The summed E-state index contributed by atoms with van der Waals surface area (Å²) in [6, 6.07) is 6.60. The highest BCUT2D eigenvalue weighted by Crippen LogP contribution is 2.25. The molecule has 1 fully saturated rings. The second-order valence-corrected chi connectivity index (χ2v) is 6.28. The van der Waals surface area contributed by atoms with Crippen LogP contribution in [-0.2, 0) is 0 Å². The van der Waals surface area contributed by atoms with Crippen LogP contribution in [0.2, 0.25) is 0 Å². The summed E-state index contributed by atoms with van der Waals surface area (Å²) in [4.78, 5) is 0. The fourth-order valence-corrected chi connectivity index (χ4v) is 4.28. The van der Waals surface area contributed by atoms with Crippen LogP contribution < -0.4 is 5.32 Å². The number of nitrogens with zero attached hydrogens (tertiary/aromatic N) is 1. The molecule has 1 heterocycles. The van der Waals surface area contributed by atoms with Crippen LogP contribution >= 0.6 is 23.5 Å². The molecule has 1 saturated heterocycles. The molecule has 1 unspecified atom stereocenters. The molecule has 0 bridgehead atoms. The molecular formula is C12H13FN2S2. The average molecular weight is 268 g/mol. The number of hydrogen-bond donors (Lipinski definition) is 1. The van der Waals surface area contributed by atoms with Gasteiger partial charge in [0.1, 0.15) is 17.4 Å². The number of nitrogens with one attached hydrogen (secondary N) is 1. The van der Waals surface area contributed by atoms with Crippen molar-refractivity contribution < 1.29 is 4.39 Å². The van der Waals surface area contributed by atoms with E-state index < -0.39 is 5.82 Å². The molecule has 1 aliphatic heterocycles. The summed E-state index contributed by atoms with van der Waals surface area (Å²) >= 11 is 3.89. The SMILES string of the molecule is N#Cc1c(F)cccc1NCC1CSCCS1. The molecule has 1 atom stereocenters. The Morgan fingerprint density at radius 1 is 1.47 bits per heavy atom. The van der Waals surface area contributed by atoms with Gasteiger partial charge in [0, 0.05) is 29.1 Å². The van der Waals surface area contributed by atoms with E-state index in [0.29, 0.717) is 10.9 Å². The molecule has 0 spiro atoms. The van der Waals surface area contributed by atoms with Gasteiger partial charge >= 0.3 is 0 Å². The van der Waals surface area contributed by atoms with Crippen molar-refractivity contribution in [3.63, 3.8) is 0 Å². The van der Waals surface area contributed by atoms with E-state index in [-0.39, 0.29) is 5.56 Å². The first kappa shape index (κ1) is 12.6. The Kier molecular flexibility index (Phi) is 4.57. The molecule has 1 aliphatic rings. The molecule has 2 rings (SSSR count). The lowest BCUT2D eigenvalue weighted by molar-refractivity contribution is 0.624. The number of nitriles is 1. The lowest BCUT2D eigenvalue weighted by atomic mass is 10.2. The summed E-state index contributed by atoms with van der Waals surface area (Å²) in [6.45, 7) is 0.788. The van der Waals surface area contributed by atoms with Crippen LogP contribution in [0.3, 0.4) is 0 Å². The fraction of sp³-hybridized carbons (Fsp3) is 0.417. The second-order valence-electron chi connectivity index (χ2n) is 3.72. The number of benzene rings is 1. The summed E-state index contributed by atoms with van der Waals surface area (Å²) in [5, 5.41) is 12.6. The minimum Gasteiger partial charge on any atom is -0.383 e. The van der Waals surface area contributed by atoms with Crippen molar-refractivity contribution in [2.75, 3.05) is 29.1 Å². The van der Waals surface area contributed by atoms with Gasteiger partial charge < -0.3 is 5.32 Å². The molecular weight excluding hydrogens is 255 g/mol. The van der Waals surface area contributed by atoms with Crippen LogP contribution in [0, 0.1) is 17.1 Å². The van der Waals surface area contributed by atoms with E-state index in [4.69, 9.17) is 5.26 Å². The van der Waals surface area contributed by atoms with Gasteiger partial charge in [-0.15, -0.1) is 0 Å². The largest absolute Gasteiger partial charge is 0.383 e. The molecule has 2 nitrogen and oxygen atoms in total. The average Bonchev–Trinajstić information content (AvgIpc) is 2.37. The first-order valence-corrected chi connectivity index (χ1v) is 7.63. The van der Waals surface area contributed by atoms with Crippen molar-refractivity contribution in [3.8, 4) is 6.07 Å². The van der Waals surface area contributed by atoms with E-state index in [1.165, 1.54) is 17.6 Å². The summed E-state index contributed by atoms with van der Waals surface area (Å²) in [5.74, 6) is 3.05. The van der Waals surface area contributed by atoms with Gasteiger partial charge in [0.2, 0.25) is 0 Å². The van der Waals surface area contributed by atoms with Gasteiger partial charge in [-0.05, 0) is 12.1 Å².